The maximum absolute atomic E-state index is 5.76. The number of piperidine rings is 1. The summed E-state index contributed by atoms with van der Waals surface area (Å²) in [6, 6.07) is 0.574. The SMILES string of the molecule is Cl.NCC1CCCCN1Cc1cscn1. The Morgan fingerprint density at radius 3 is 3.07 bits per heavy atom. The van der Waals surface area contributed by atoms with Crippen LogP contribution >= 0.6 is 23.7 Å². The van der Waals surface area contributed by atoms with Crippen molar-refractivity contribution in [2.24, 2.45) is 5.73 Å². The summed E-state index contributed by atoms with van der Waals surface area (Å²) < 4.78 is 0. The lowest BCUT2D eigenvalue weighted by Crippen LogP contribution is -2.43. The van der Waals surface area contributed by atoms with E-state index >= 15 is 0 Å². The zero-order valence-electron chi connectivity index (χ0n) is 8.76. The first kappa shape index (κ1) is 12.9. The minimum atomic E-state index is 0. The highest BCUT2D eigenvalue weighted by molar-refractivity contribution is 7.07. The molecule has 1 aromatic heterocycles. The van der Waals surface area contributed by atoms with Crippen molar-refractivity contribution in [3.05, 3.63) is 16.6 Å². The van der Waals surface area contributed by atoms with Crippen molar-refractivity contribution >= 4 is 23.7 Å². The Labute approximate surface area is 101 Å². The van der Waals surface area contributed by atoms with Crippen LogP contribution in [-0.4, -0.2) is 29.0 Å². The molecular weight excluding hydrogens is 230 g/mol. The maximum Gasteiger partial charge on any atom is 0.0795 e. The molecule has 2 rings (SSSR count). The second-order valence-corrected chi connectivity index (χ2v) is 4.55. The average molecular weight is 248 g/mol. The van der Waals surface area contributed by atoms with Gasteiger partial charge in [0.1, 0.15) is 0 Å². The molecule has 3 nitrogen and oxygen atoms in total. The third kappa shape index (κ3) is 3.41. The molecule has 2 N–H and O–H groups in total. The van der Waals surface area contributed by atoms with Gasteiger partial charge in [-0.3, -0.25) is 4.90 Å². The molecule has 1 atom stereocenters. The Hall–Kier alpha value is -0.160. The Morgan fingerprint density at radius 2 is 2.40 bits per heavy atom. The minimum absolute atomic E-state index is 0. The van der Waals surface area contributed by atoms with Crippen molar-refractivity contribution in [3.63, 3.8) is 0 Å². The fraction of sp³-hybridized carbons (Fsp3) is 0.700. The lowest BCUT2D eigenvalue weighted by Gasteiger charge is -2.34. The topological polar surface area (TPSA) is 42.1 Å². The Kier molecular flexibility index (Phi) is 5.53. The van der Waals surface area contributed by atoms with E-state index in [1.165, 1.54) is 31.5 Å². The highest BCUT2D eigenvalue weighted by atomic mass is 35.5. The third-order valence-electron chi connectivity index (χ3n) is 2.87. The van der Waals surface area contributed by atoms with Gasteiger partial charge in [-0.25, -0.2) is 4.98 Å². The molecule has 1 saturated heterocycles. The van der Waals surface area contributed by atoms with E-state index in [9.17, 15) is 0 Å². The number of nitrogens with two attached hydrogens (primary N) is 1. The van der Waals surface area contributed by atoms with Gasteiger partial charge in [0.15, 0.2) is 0 Å². The highest BCUT2D eigenvalue weighted by Gasteiger charge is 2.21. The number of rotatable bonds is 3. The van der Waals surface area contributed by atoms with Crippen molar-refractivity contribution in [3.8, 4) is 0 Å². The van der Waals surface area contributed by atoms with Gasteiger partial charge in [-0.1, -0.05) is 6.42 Å². The molecule has 1 aliphatic rings. The normalized spacial score (nSPS) is 22.3. The quantitative estimate of drug-likeness (QED) is 0.887. The monoisotopic (exact) mass is 247 g/mol. The number of thiazole rings is 1. The summed E-state index contributed by atoms with van der Waals surface area (Å²) in [6.45, 7) is 2.94. The standard InChI is InChI=1S/C10H17N3S.ClH/c11-5-10-3-1-2-4-13(10)6-9-7-14-8-12-9;/h7-8,10H,1-6,11H2;1H. The van der Waals surface area contributed by atoms with E-state index < -0.39 is 0 Å². The molecule has 0 amide bonds. The number of nitrogens with zero attached hydrogens (tertiary/aromatic N) is 2. The van der Waals surface area contributed by atoms with Crippen molar-refractivity contribution in [1.29, 1.82) is 0 Å². The number of halogens is 1. The van der Waals surface area contributed by atoms with E-state index in [0.717, 1.165) is 13.1 Å². The third-order valence-corrected chi connectivity index (χ3v) is 3.50. The molecule has 86 valence electrons. The molecular formula is C10H18ClN3S. The summed E-state index contributed by atoms with van der Waals surface area (Å²) in [5.41, 5.74) is 8.85. The first-order chi connectivity index (χ1) is 6.90. The van der Waals surface area contributed by atoms with E-state index in [1.807, 2.05) is 5.51 Å². The number of hydrogen-bond donors (Lipinski definition) is 1. The average Bonchev–Trinajstić information content (AvgIpc) is 2.71. The fourth-order valence-electron chi connectivity index (χ4n) is 2.06. The van der Waals surface area contributed by atoms with Crippen LogP contribution in [0.5, 0.6) is 0 Å². The van der Waals surface area contributed by atoms with E-state index in [2.05, 4.69) is 15.3 Å². The van der Waals surface area contributed by atoms with Crippen LogP contribution in [-0.2, 0) is 6.54 Å². The van der Waals surface area contributed by atoms with Crippen LogP contribution in [0.4, 0.5) is 0 Å². The van der Waals surface area contributed by atoms with Crippen LogP contribution in [0.3, 0.4) is 0 Å². The lowest BCUT2D eigenvalue weighted by molar-refractivity contribution is 0.143. The van der Waals surface area contributed by atoms with Gasteiger partial charge in [0, 0.05) is 24.5 Å². The van der Waals surface area contributed by atoms with Crippen LogP contribution in [0.2, 0.25) is 0 Å². The molecule has 5 heteroatoms. The minimum Gasteiger partial charge on any atom is -0.329 e. The van der Waals surface area contributed by atoms with Gasteiger partial charge >= 0.3 is 0 Å². The summed E-state index contributed by atoms with van der Waals surface area (Å²) in [5, 5.41) is 2.13. The molecule has 0 bridgehead atoms. The Morgan fingerprint density at radius 1 is 1.53 bits per heavy atom. The molecule has 1 fully saturated rings. The van der Waals surface area contributed by atoms with Crippen molar-refractivity contribution in [2.75, 3.05) is 13.1 Å². The van der Waals surface area contributed by atoms with Gasteiger partial charge < -0.3 is 5.73 Å². The Balaban J connectivity index is 0.00000112. The van der Waals surface area contributed by atoms with E-state index in [0.29, 0.717) is 6.04 Å². The second-order valence-electron chi connectivity index (χ2n) is 3.84. The first-order valence-corrected chi connectivity index (χ1v) is 6.15. The highest BCUT2D eigenvalue weighted by Crippen LogP contribution is 2.18. The van der Waals surface area contributed by atoms with Crippen molar-refractivity contribution in [1.82, 2.24) is 9.88 Å². The summed E-state index contributed by atoms with van der Waals surface area (Å²) >= 11 is 1.67. The number of likely N-dealkylation sites (tertiary alicyclic amines) is 1. The Bertz CT molecular complexity index is 266. The van der Waals surface area contributed by atoms with E-state index in [1.54, 1.807) is 11.3 Å². The van der Waals surface area contributed by atoms with E-state index in [4.69, 9.17) is 5.73 Å². The van der Waals surface area contributed by atoms with Gasteiger partial charge in [-0.2, -0.15) is 0 Å². The zero-order valence-corrected chi connectivity index (χ0v) is 10.4. The molecule has 0 spiro atoms. The van der Waals surface area contributed by atoms with Gasteiger partial charge in [0.2, 0.25) is 0 Å². The van der Waals surface area contributed by atoms with Gasteiger partial charge in [-0.15, -0.1) is 23.7 Å². The summed E-state index contributed by atoms with van der Waals surface area (Å²) in [4.78, 5) is 6.79. The zero-order chi connectivity index (χ0) is 9.80. The molecule has 15 heavy (non-hydrogen) atoms. The van der Waals surface area contributed by atoms with Crippen LogP contribution in [0.1, 0.15) is 25.0 Å². The van der Waals surface area contributed by atoms with Crippen LogP contribution in [0.15, 0.2) is 10.9 Å². The lowest BCUT2D eigenvalue weighted by atomic mass is 10.0. The van der Waals surface area contributed by atoms with Crippen LogP contribution < -0.4 is 5.73 Å². The summed E-state index contributed by atoms with van der Waals surface area (Å²) in [6.07, 6.45) is 3.89. The molecule has 2 heterocycles. The largest absolute Gasteiger partial charge is 0.329 e. The van der Waals surface area contributed by atoms with Crippen molar-refractivity contribution in [2.45, 2.75) is 31.8 Å². The smallest absolute Gasteiger partial charge is 0.0795 e. The molecule has 0 aromatic carbocycles. The maximum atomic E-state index is 5.76. The van der Waals surface area contributed by atoms with Crippen LogP contribution in [0, 0.1) is 0 Å². The summed E-state index contributed by atoms with van der Waals surface area (Å²) in [5.74, 6) is 0. The molecule has 0 saturated carbocycles. The van der Waals surface area contributed by atoms with Crippen LogP contribution in [0.25, 0.3) is 0 Å². The van der Waals surface area contributed by atoms with Gasteiger partial charge in [0.05, 0.1) is 11.2 Å². The number of hydrogen-bond acceptors (Lipinski definition) is 4. The molecule has 1 aliphatic heterocycles. The first-order valence-electron chi connectivity index (χ1n) is 5.21. The number of aromatic nitrogens is 1. The predicted octanol–water partition coefficient (Wildman–Crippen LogP) is 1.88. The molecule has 1 unspecified atom stereocenters. The molecule has 0 radical (unpaired) electrons. The summed E-state index contributed by atoms with van der Waals surface area (Å²) in [7, 11) is 0. The second kappa shape index (κ2) is 6.43. The van der Waals surface area contributed by atoms with Crippen molar-refractivity contribution < 1.29 is 0 Å². The molecule has 1 aromatic rings. The van der Waals surface area contributed by atoms with E-state index in [-0.39, 0.29) is 12.4 Å². The van der Waals surface area contributed by atoms with Gasteiger partial charge in [-0.05, 0) is 19.4 Å². The van der Waals surface area contributed by atoms with Gasteiger partial charge in [0.25, 0.3) is 0 Å². The fourth-order valence-corrected chi connectivity index (χ4v) is 2.61. The molecule has 0 aliphatic carbocycles. The predicted molar refractivity (Wildman–Crippen MR) is 66.5 cm³/mol.